The van der Waals surface area contributed by atoms with Gasteiger partial charge in [0.15, 0.2) is 0 Å². The molecule has 1 aliphatic carbocycles. The van der Waals surface area contributed by atoms with Gasteiger partial charge in [0, 0.05) is 20.0 Å². The summed E-state index contributed by atoms with van der Waals surface area (Å²) in [6, 6.07) is 0. The topological polar surface area (TPSA) is 9.23 Å². The van der Waals surface area contributed by atoms with E-state index in [0.29, 0.717) is 0 Å². The molecule has 0 saturated heterocycles. The standard InChI is InChI=1S/C8H14F2O/c1-6-3-7(11-2)5-8(9,10)4-6/h6-7H,3-5H2,1-2H3. The lowest BCUT2D eigenvalue weighted by atomic mass is 9.86. The summed E-state index contributed by atoms with van der Waals surface area (Å²) in [5.41, 5.74) is 0. The van der Waals surface area contributed by atoms with Gasteiger partial charge in [0.2, 0.25) is 0 Å². The van der Waals surface area contributed by atoms with Crippen LogP contribution in [0.4, 0.5) is 8.78 Å². The van der Waals surface area contributed by atoms with Gasteiger partial charge in [-0.2, -0.15) is 0 Å². The molecule has 11 heavy (non-hydrogen) atoms. The number of hydrogen-bond donors (Lipinski definition) is 0. The predicted molar refractivity (Wildman–Crippen MR) is 38.8 cm³/mol. The molecule has 1 saturated carbocycles. The fourth-order valence-corrected chi connectivity index (χ4v) is 1.72. The van der Waals surface area contributed by atoms with Gasteiger partial charge in [-0.25, -0.2) is 8.78 Å². The molecular formula is C8H14F2O. The number of hydrogen-bond acceptors (Lipinski definition) is 1. The minimum absolute atomic E-state index is 0.0207. The third-order valence-electron chi connectivity index (χ3n) is 2.17. The Balaban J connectivity index is 2.51. The first-order valence-corrected chi connectivity index (χ1v) is 3.94. The summed E-state index contributed by atoms with van der Waals surface area (Å²) in [6.45, 7) is 1.85. The van der Waals surface area contributed by atoms with Crippen molar-refractivity contribution in [3.8, 4) is 0 Å². The van der Waals surface area contributed by atoms with E-state index in [4.69, 9.17) is 4.74 Å². The van der Waals surface area contributed by atoms with Crippen LogP contribution in [0, 0.1) is 5.92 Å². The molecule has 66 valence electrons. The summed E-state index contributed by atoms with van der Waals surface area (Å²) in [4.78, 5) is 0. The summed E-state index contributed by atoms with van der Waals surface area (Å²) in [5, 5.41) is 0. The van der Waals surface area contributed by atoms with Crippen molar-refractivity contribution in [2.75, 3.05) is 7.11 Å². The van der Waals surface area contributed by atoms with Gasteiger partial charge in [-0.05, 0) is 12.3 Å². The van der Waals surface area contributed by atoms with Crippen LogP contribution < -0.4 is 0 Å². The van der Waals surface area contributed by atoms with Gasteiger partial charge in [-0.1, -0.05) is 6.92 Å². The summed E-state index contributed by atoms with van der Waals surface area (Å²) < 4.78 is 30.5. The fraction of sp³-hybridized carbons (Fsp3) is 1.00. The van der Waals surface area contributed by atoms with E-state index in [1.165, 1.54) is 7.11 Å². The van der Waals surface area contributed by atoms with Crippen LogP contribution in [-0.4, -0.2) is 19.1 Å². The molecule has 0 amide bonds. The first-order valence-electron chi connectivity index (χ1n) is 3.94. The van der Waals surface area contributed by atoms with Crippen molar-refractivity contribution in [3.63, 3.8) is 0 Å². The Kier molecular flexibility index (Phi) is 2.47. The quantitative estimate of drug-likeness (QED) is 0.578. The summed E-state index contributed by atoms with van der Waals surface area (Å²) in [7, 11) is 1.50. The van der Waals surface area contributed by atoms with Gasteiger partial charge >= 0.3 is 0 Å². The lowest BCUT2D eigenvalue weighted by molar-refractivity contribution is -0.102. The van der Waals surface area contributed by atoms with E-state index in [2.05, 4.69) is 0 Å². The van der Waals surface area contributed by atoms with E-state index in [9.17, 15) is 8.78 Å². The molecule has 0 aromatic carbocycles. The zero-order valence-electron chi connectivity index (χ0n) is 6.94. The molecule has 1 fully saturated rings. The highest BCUT2D eigenvalue weighted by Gasteiger charge is 2.39. The molecule has 1 nitrogen and oxygen atoms in total. The summed E-state index contributed by atoms with van der Waals surface area (Å²) in [5.74, 6) is -2.41. The number of halogens is 2. The predicted octanol–water partition coefficient (Wildman–Crippen LogP) is 2.46. The molecule has 0 aliphatic heterocycles. The van der Waals surface area contributed by atoms with Crippen LogP contribution in [-0.2, 0) is 4.74 Å². The monoisotopic (exact) mass is 164 g/mol. The Morgan fingerprint density at radius 1 is 1.36 bits per heavy atom. The van der Waals surface area contributed by atoms with Crippen LogP contribution in [0.5, 0.6) is 0 Å². The molecule has 2 unspecified atom stereocenters. The Bertz CT molecular complexity index is 136. The minimum atomic E-state index is -2.50. The fourth-order valence-electron chi connectivity index (χ4n) is 1.72. The molecule has 2 atom stereocenters. The number of alkyl halides is 2. The lowest BCUT2D eigenvalue weighted by Crippen LogP contribution is -2.34. The molecule has 0 heterocycles. The van der Waals surface area contributed by atoms with E-state index in [-0.39, 0.29) is 24.9 Å². The maximum absolute atomic E-state index is 12.8. The Labute approximate surface area is 65.7 Å². The first-order chi connectivity index (χ1) is 5.03. The molecular weight excluding hydrogens is 150 g/mol. The van der Waals surface area contributed by atoms with Crippen molar-refractivity contribution in [1.82, 2.24) is 0 Å². The summed E-state index contributed by atoms with van der Waals surface area (Å²) in [6.07, 6.45) is 0.445. The molecule has 0 spiro atoms. The van der Waals surface area contributed by atoms with E-state index in [0.717, 1.165) is 6.42 Å². The molecule has 0 bridgehead atoms. The zero-order chi connectivity index (χ0) is 8.48. The highest BCUT2D eigenvalue weighted by Crippen LogP contribution is 2.37. The van der Waals surface area contributed by atoms with E-state index >= 15 is 0 Å². The van der Waals surface area contributed by atoms with E-state index in [1.54, 1.807) is 0 Å². The smallest absolute Gasteiger partial charge is 0.250 e. The maximum atomic E-state index is 12.8. The van der Waals surface area contributed by atoms with Crippen LogP contribution in [0.3, 0.4) is 0 Å². The van der Waals surface area contributed by atoms with Crippen LogP contribution in [0.2, 0.25) is 0 Å². The Hall–Kier alpha value is -0.180. The van der Waals surface area contributed by atoms with Crippen molar-refractivity contribution in [2.24, 2.45) is 5.92 Å². The second-order valence-corrected chi connectivity index (χ2v) is 3.46. The molecule has 3 heteroatoms. The van der Waals surface area contributed by atoms with Crippen molar-refractivity contribution in [3.05, 3.63) is 0 Å². The molecule has 1 rings (SSSR count). The molecule has 0 aromatic rings. The normalized spacial score (nSPS) is 37.1. The SMILES string of the molecule is COC1CC(C)CC(F)(F)C1. The van der Waals surface area contributed by atoms with Gasteiger partial charge in [0.25, 0.3) is 5.92 Å². The Morgan fingerprint density at radius 3 is 2.45 bits per heavy atom. The van der Waals surface area contributed by atoms with Gasteiger partial charge in [0.1, 0.15) is 0 Å². The average Bonchev–Trinajstić information content (AvgIpc) is 1.83. The van der Waals surface area contributed by atoms with Gasteiger partial charge in [-0.3, -0.25) is 0 Å². The average molecular weight is 164 g/mol. The second-order valence-electron chi connectivity index (χ2n) is 3.46. The van der Waals surface area contributed by atoms with Crippen LogP contribution >= 0.6 is 0 Å². The number of rotatable bonds is 1. The van der Waals surface area contributed by atoms with Crippen molar-refractivity contribution >= 4 is 0 Å². The van der Waals surface area contributed by atoms with E-state index < -0.39 is 5.92 Å². The van der Waals surface area contributed by atoms with E-state index in [1.807, 2.05) is 6.92 Å². The number of ether oxygens (including phenoxy) is 1. The third-order valence-corrected chi connectivity index (χ3v) is 2.17. The number of methoxy groups -OCH3 is 1. The largest absolute Gasteiger partial charge is 0.381 e. The maximum Gasteiger partial charge on any atom is 0.250 e. The van der Waals surface area contributed by atoms with Gasteiger partial charge < -0.3 is 4.74 Å². The first kappa shape index (κ1) is 8.91. The zero-order valence-corrected chi connectivity index (χ0v) is 6.94. The third kappa shape index (κ3) is 2.40. The van der Waals surface area contributed by atoms with Crippen LogP contribution in [0.15, 0.2) is 0 Å². The minimum Gasteiger partial charge on any atom is -0.381 e. The van der Waals surface area contributed by atoms with Gasteiger partial charge in [-0.15, -0.1) is 0 Å². The van der Waals surface area contributed by atoms with Crippen LogP contribution in [0.1, 0.15) is 26.2 Å². The van der Waals surface area contributed by atoms with Crippen molar-refractivity contribution in [1.29, 1.82) is 0 Å². The molecule has 0 radical (unpaired) electrons. The van der Waals surface area contributed by atoms with Crippen molar-refractivity contribution in [2.45, 2.75) is 38.2 Å². The van der Waals surface area contributed by atoms with Crippen molar-refractivity contribution < 1.29 is 13.5 Å². The Morgan fingerprint density at radius 2 is 2.00 bits per heavy atom. The van der Waals surface area contributed by atoms with Gasteiger partial charge in [0.05, 0.1) is 6.10 Å². The molecule has 1 aliphatic rings. The lowest BCUT2D eigenvalue weighted by Gasteiger charge is -2.32. The molecule has 0 N–H and O–H groups in total. The highest BCUT2D eigenvalue weighted by molar-refractivity contribution is 4.82. The molecule has 0 aromatic heterocycles. The summed E-state index contributed by atoms with van der Waals surface area (Å²) >= 11 is 0. The highest BCUT2D eigenvalue weighted by atomic mass is 19.3. The van der Waals surface area contributed by atoms with Crippen LogP contribution in [0.25, 0.3) is 0 Å². The second kappa shape index (κ2) is 3.05.